The minimum Gasteiger partial charge on any atom is -0.377 e. The van der Waals surface area contributed by atoms with Gasteiger partial charge in [-0.15, -0.1) is 0 Å². The molecule has 1 N–H and O–H groups in total. The van der Waals surface area contributed by atoms with Gasteiger partial charge in [-0.2, -0.15) is 0 Å². The molecular formula is C11H19NO. The molecule has 0 bridgehead atoms. The van der Waals surface area contributed by atoms with Crippen molar-refractivity contribution in [2.45, 2.75) is 44.8 Å². The number of hydrogen-bond donors (Lipinski definition) is 1. The maximum Gasteiger partial charge on any atom is 0.0690 e. The van der Waals surface area contributed by atoms with Crippen molar-refractivity contribution < 1.29 is 4.74 Å². The second kappa shape index (κ2) is 2.71. The molecule has 2 heteroatoms. The Labute approximate surface area is 80.0 Å². The summed E-state index contributed by atoms with van der Waals surface area (Å²) in [4.78, 5) is 0. The largest absolute Gasteiger partial charge is 0.377 e. The van der Waals surface area contributed by atoms with Crippen LogP contribution in [0.25, 0.3) is 0 Å². The summed E-state index contributed by atoms with van der Waals surface area (Å²) in [7, 11) is 0. The zero-order chi connectivity index (χ0) is 8.89. The summed E-state index contributed by atoms with van der Waals surface area (Å²) in [5.41, 5.74) is 0.581. The maximum absolute atomic E-state index is 5.85. The minimum atomic E-state index is 0.581. The molecule has 1 saturated heterocycles. The van der Waals surface area contributed by atoms with Gasteiger partial charge in [-0.05, 0) is 25.8 Å². The highest BCUT2D eigenvalue weighted by Gasteiger charge is 2.66. The molecule has 3 aliphatic rings. The molecule has 1 aliphatic heterocycles. The fraction of sp³-hybridized carbons (Fsp3) is 1.00. The molecular weight excluding hydrogens is 162 g/mol. The number of nitrogens with one attached hydrogen (secondary N) is 1. The molecule has 13 heavy (non-hydrogen) atoms. The Morgan fingerprint density at radius 2 is 2.31 bits per heavy atom. The van der Waals surface area contributed by atoms with Crippen molar-refractivity contribution in [1.82, 2.24) is 5.32 Å². The molecule has 2 nitrogen and oxygen atoms in total. The molecule has 3 unspecified atom stereocenters. The Morgan fingerprint density at radius 1 is 1.46 bits per heavy atom. The predicted molar refractivity (Wildman–Crippen MR) is 51.6 cm³/mol. The molecule has 3 atom stereocenters. The standard InChI is InChI=1S/C11H19NO/c1-2-12-9-8-4-7-13-10(8)11(9)5-3-6-11/h8-10,12H,2-7H2,1H3. The van der Waals surface area contributed by atoms with Gasteiger partial charge in [0.05, 0.1) is 6.10 Å². The van der Waals surface area contributed by atoms with E-state index >= 15 is 0 Å². The van der Waals surface area contributed by atoms with Crippen LogP contribution in [-0.2, 0) is 4.74 Å². The summed E-state index contributed by atoms with van der Waals surface area (Å²) in [5.74, 6) is 0.847. The van der Waals surface area contributed by atoms with Gasteiger partial charge in [-0.25, -0.2) is 0 Å². The molecule has 0 radical (unpaired) electrons. The van der Waals surface area contributed by atoms with Crippen LogP contribution < -0.4 is 5.32 Å². The van der Waals surface area contributed by atoms with Crippen molar-refractivity contribution in [2.75, 3.05) is 13.2 Å². The van der Waals surface area contributed by atoms with Gasteiger partial charge in [-0.1, -0.05) is 13.3 Å². The third-order valence-corrected chi connectivity index (χ3v) is 4.46. The number of hydrogen-bond acceptors (Lipinski definition) is 2. The van der Waals surface area contributed by atoms with Gasteiger partial charge in [0.15, 0.2) is 0 Å². The average molecular weight is 181 g/mol. The molecule has 74 valence electrons. The normalized spacial score (nSPS) is 45.5. The lowest BCUT2D eigenvalue weighted by molar-refractivity contribution is -0.175. The highest BCUT2D eigenvalue weighted by atomic mass is 16.5. The lowest BCUT2D eigenvalue weighted by Crippen LogP contribution is -2.70. The van der Waals surface area contributed by atoms with Crippen LogP contribution in [-0.4, -0.2) is 25.3 Å². The van der Waals surface area contributed by atoms with E-state index in [-0.39, 0.29) is 0 Å². The van der Waals surface area contributed by atoms with E-state index < -0.39 is 0 Å². The summed E-state index contributed by atoms with van der Waals surface area (Å²) in [5, 5.41) is 3.67. The van der Waals surface area contributed by atoms with E-state index in [4.69, 9.17) is 4.74 Å². The van der Waals surface area contributed by atoms with Crippen LogP contribution in [0.15, 0.2) is 0 Å². The highest BCUT2D eigenvalue weighted by Crippen LogP contribution is 2.62. The maximum atomic E-state index is 5.85. The monoisotopic (exact) mass is 181 g/mol. The summed E-state index contributed by atoms with van der Waals surface area (Å²) >= 11 is 0. The van der Waals surface area contributed by atoms with Gasteiger partial charge in [0, 0.05) is 24.0 Å². The average Bonchev–Trinajstić information content (AvgIpc) is 2.43. The predicted octanol–water partition coefficient (Wildman–Crippen LogP) is 1.55. The Bertz CT molecular complexity index is 212. The van der Waals surface area contributed by atoms with E-state index in [1.807, 2.05) is 0 Å². The third kappa shape index (κ3) is 0.861. The van der Waals surface area contributed by atoms with Crippen molar-refractivity contribution in [2.24, 2.45) is 11.3 Å². The first-order valence-corrected chi connectivity index (χ1v) is 5.73. The number of fused-ring (bicyclic) bond motifs is 2. The van der Waals surface area contributed by atoms with E-state index in [2.05, 4.69) is 12.2 Å². The van der Waals surface area contributed by atoms with Gasteiger partial charge < -0.3 is 10.1 Å². The number of rotatable bonds is 2. The van der Waals surface area contributed by atoms with Crippen molar-refractivity contribution >= 4 is 0 Å². The zero-order valence-corrected chi connectivity index (χ0v) is 8.38. The molecule has 0 aromatic heterocycles. The highest BCUT2D eigenvalue weighted by molar-refractivity contribution is 5.18. The molecule has 2 aliphatic carbocycles. The molecule has 3 rings (SSSR count). The van der Waals surface area contributed by atoms with Crippen LogP contribution in [0.1, 0.15) is 32.6 Å². The van der Waals surface area contributed by atoms with E-state index in [1.165, 1.54) is 25.7 Å². The first kappa shape index (κ1) is 8.25. The Balaban J connectivity index is 1.77. The van der Waals surface area contributed by atoms with Gasteiger partial charge in [0.1, 0.15) is 0 Å². The summed E-state index contributed by atoms with van der Waals surface area (Å²) in [6.07, 6.45) is 6.17. The number of ether oxygens (including phenoxy) is 1. The molecule has 1 heterocycles. The first-order valence-electron chi connectivity index (χ1n) is 5.73. The summed E-state index contributed by atoms with van der Waals surface area (Å²) in [6.45, 7) is 4.35. The van der Waals surface area contributed by atoms with Gasteiger partial charge in [-0.3, -0.25) is 0 Å². The van der Waals surface area contributed by atoms with Crippen molar-refractivity contribution in [3.8, 4) is 0 Å². The quantitative estimate of drug-likeness (QED) is 0.698. The zero-order valence-electron chi connectivity index (χ0n) is 8.38. The fourth-order valence-electron chi connectivity index (χ4n) is 3.78. The van der Waals surface area contributed by atoms with E-state index in [0.717, 1.165) is 25.1 Å². The van der Waals surface area contributed by atoms with Gasteiger partial charge in [0.2, 0.25) is 0 Å². The van der Waals surface area contributed by atoms with E-state index in [0.29, 0.717) is 11.5 Å². The van der Waals surface area contributed by atoms with E-state index in [9.17, 15) is 0 Å². The Kier molecular flexibility index (Phi) is 1.72. The molecule has 0 amide bonds. The second-order valence-electron chi connectivity index (χ2n) is 4.87. The SMILES string of the molecule is CCNC1C2CCOC2C12CCC2. The fourth-order valence-corrected chi connectivity index (χ4v) is 3.78. The van der Waals surface area contributed by atoms with E-state index in [1.54, 1.807) is 0 Å². The minimum absolute atomic E-state index is 0.581. The van der Waals surface area contributed by atoms with Crippen LogP contribution in [0, 0.1) is 11.3 Å². The van der Waals surface area contributed by atoms with Crippen molar-refractivity contribution in [3.05, 3.63) is 0 Å². The van der Waals surface area contributed by atoms with Crippen LogP contribution in [0.2, 0.25) is 0 Å². The Morgan fingerprint density at radius 3 is 2.92 bits per heavy atom. The summed E-state index contributed by atoms with van der Waals surface area (Å²) < 4.78 is 5.85. The molecule has 1 spiro atoms. The molecule has 0 aromatic rings. The van der Waals surface area contributed by atoms with Crippen molar-refractivity contribution in [3.63, 3.8) is 0 Å². The smallest absolute Gasteiger partial charge is 0.0690 e. The first-order chi connectivity index (χ1) is 6.38. The lowest BCUT2D eigenvalue weighted by Gasteiger charge is -2.63. The molecule has 3 fully saturated rings. The molecule has 2 saturated carbocycles. The van der Waals surface area contributed by atoms with Gasteiger partial charge in [0.25, 0.3) is 0 Å². The van der Waals surface area contributed by atoms with Crippen LogP contribution in [0.3, 0.4) is 0 Å². The second-order valence-corrected chi connectivity index (χ2v) is 4.87. The molecule has 0 aromatic carbocycles. The van der Waals surface area contributed by atoms with Crippen LogP contribution in [0.4, 0.5) is 0 Å². The van der Waals surface area contributed by atoms with Crippen LogP contribution in [0.5, 0.6) is 0 Å². The van der Waals surface area contributed by atoms with Gasteiger partial charge >= 0.3 is 0 Å². The van der Waals surface area contributed by atoms with Crippen molar-refractivity contribution in [1.29, 1.82) is 0 Å². The Hall–Kier alpha value is -0.0800. The topological polar surface area (TPSA) is 21.3 Å². The lowest BCUT2D eigenvalue weighted by atomic mass is 9.46. The third-order valence-electron chi connectivity index (χ3n) is 4.46. The summed E-state index contributed by atoms with van der Waals surface area (Å²) in [6, 6.07) is 0.791. The van der Waals surface area contributed by atoms with Crippen LogP contribution >= 0.6 is 0 Å².